The van der Waals surface area contributed by atoms with E-state index in [9.17, 15) is 18.0 Å². The molecule has 190 valence electrons. The second-order valence-electron chi connectivity index (χ2n) is 6.87. The number of halogens is 6. The molecule has 0 aliphatic rings. The topological polar surface area (TPSA) is 154 Å². The fraction of sp³-hybridized carbons (Fsp3) is 0.143. The van der Waals surface area contributed by atoms with E-state index in [0.29, 0.717) is 15.8 Å². The number of nitriles is 1. The summed E-state index contributed by atoms with van der Waals surface area (Å²) in [6, 6.07) is 10.0. The third-order valence-electron chi connectivity index (χ3n) is 4.12. The fourth-order valence-corrected chi connectivity index (χ4v) is 3.19. The van der Waals surface area contributed by atoms with Crippen LogP contribution in [0.25, 0.3) is 0 Å². The largest absolute Gasteiger partial charge is 0.490 e. The van der Waals surface area contributed by atoms with E-state index in [0.717, 1.165) is 5.56 Å². The number of aryl methyl sites for hydroxylation is 1. The molecular formula is C21H15BrClF4N5O4. The molecule has 0 bridgehead atoms. The van der Waals surface area contributed by atoms with Crippen LogP contribution in [0.2, 0.25) is 5.15 Å². The highest BCUT2D eigenvalue weighted by Crippen LogP contribution is 2.35. The number of aromatic amines is 1. The molecule has 1 amide bonds. The number of imidazole rings is 1. The average molecular weight is 593 g/mol. The quantitative estimate of drug-likeness (QED) is 0.301. The summed E-state index contributed by atoms with van der Waals surface area (Å²) in [6.07, 6.45) is -5.08. The molecule has 3 aromatic rings. The van der Waals surface area contributed by atoms with Crippen LogP contribution < -0.4 is 15.8 Å². The zero-order chi connectivity index (χ0) is 27.2. The number of anilines is 1. The van der Waals surface area contributed by atoms with Crippen molar-refractivity contribution in [1.29, 1.82) is 5.26 Å². The van der Waals surface area contributed by atoms with Crippen LogP contribution >= 0.6 is 27.5 Å². The zero-order valence-corrected chi connectivity index (χ0v) is 20.3. The minimum absolute atomic E-state index is 0.000511. The van der Waals surface area contributed by atoms with Crippen molar-refractivity contribution in [3.63, 3.8) is 0 Å². The minimum Gasteiger partial charge on any atom is -0.475 e. The second kappa shape index (κ2) is 11.7. The molecule has 0 aliphatic carbocycles. The van der Waals surface area contributed by atoms with Crippen LogP contribution in [-0.4, -0.2) is 33.1 Å². The van der Waals surface area contributed by atoms with E-state index in [1.165, 1.54) is 12.1 Å². The van der Waals surface area contributed by atoms with Gasteiger partial charge in [0.2, 0.25) is 0 Å². The molecule has 1 heterocycles. The highest BCUT2D eigenvalue weighted by molar-refractivity contribution is 9.10. The van der Waals surface area contributed by atoms with Gasteiger partial charge in [-0.15, -0.1) is 0 Å². The molecule has 36 heavy (non-hydrogen) atoms. The second-order valence-corrected chi connectivity index (χ2v) is 8.08. The summed E-state index contributed by atoms with van der Waals surface area (Å²) in [5.41, 5.74) is 6.83. The molecule has 0 saturated heterocycles. The van der Waals surface area contributed by atoms with Gasteiger partial charge < -0.3 is 25.9 Å². The number of carboxylic acids is 1. The number of carbonyl (C=O) groups is 2. The lowest BCUT2D eigenvalue weighted by molar-refractivity contribution is -0.192. The van der Waals surface area contributed by atoms with Gasteiger partial charge in [-0.3, -0.25) is 4.79 Å². The first-order chi connectivity index (χ1) is 16.7. The maximum Gasteiger partial charge on any atom is 0.490 e. The number of benzene rings is 2. The van der Waals surface area contributed by atoms with Gasteiger partial charge in [0.05, 0.1) is 16.1 Å². The van der Waals surface area contributed by atoms with Crippen LogP contribution in [0.1, 0.15) is 27.2 Å². The Bertz CT molecular complexity index is 1340. The van der Waals surface area contributed by atoms with Crippen molar-refractivity contribution < 1.29 is 37.0 Å². The Kier molecular flexibility index (Phi) is 9.26. The van der Waals surface area contributed by atoms with Gasteiger partial charge in [0.15, 0.2) is 22.7 Å². The molecule has 1 aromatic heterocycles. The summed E-state index contributed by atoms with van der Waals surface area (Å²) in [7, 11) is 0. The molecule has 0 fully saturated rings. The number of nitrogens with two attached hydrogens (primary N) is 1. The number of nitrogens with one attached hydrogen (secondary N) is 2. The summed E-state index contributed by atoms with van der Waals surface area (Å²) >= 11 is 9.08. The van der Waals surface area contributed by atoms with Crippen molar-refractivity contribution in [2.75, 3.05) is 5.73 Å². The standard InChI is InChI=1S/C19H14BrClFN5O2.C2HF3O2/c1-9-4-10(7-23)6-12(5-9)29-16-13(20)3-2-11(14(16)22)8-25-18(28)15-17(21)27-19(24)26-15;3-2(4,5)1(6)7/h2-6H,8H2,1H3,(H,25,28)(H3,24,26,27);(H,6,7). The number of hydrogen-bond donors (Lipinski definition) is 4. The van der Waals surface area contributed by atoms with Gasteiger partial charge in [-0.1, -0.05) is 17.7 Å². The van der Waals surface area contributed by atoms with Gasteiger partial charge >= 0.3 is 12.1 Å². The Labute approximate surface area is 214 Å². The molecule has 0 spiro atoms. The predicted octanol–water partition coefficient (Wildman–Crippen LogP) is 5.08. The Balaban J connectivity index is 0.000000572. The molecule has 0 radical (unpaired) electrons. The van der Waals surface area contributed by atoms with Gasteiger partial charge in [0, 0.05) is 12.1 Å². The molecule has 0 unspecified atom stereocenters. The SMILES string of the molecule is Cc1cc(C#N)cc(Oc2c(Br)ccc(CNC(=O)c3[nH]c(N)nc3Cl)c2F)c1.O=C(O)C(F)(F)F. The number of nitrogens with zero attached hydrogens (tertiary/aromatic N) is 2. The van der Waals surface area contributed by atoms with Crippen molar-refractivity contribution >= 4 is 45.4 Å². The number of amides is 1. The first kappa shape index (κ1) is 28.4. The van der Waals surface area contributed by atoms with Crippen molar-refractivity contribution in [1.82, 2.24) is 15.3 Å². The van der Waals surface area contributed by atoms with Crippen molar-refractivity contribution in [2.45, 2.75) is 19.6 Å². The summed E-state index contributed by atoms with van der Waals surface area (Å²) < 4.78 is 52.8. The van der Waals surface area contributed by atoms with E-state index in [1.807, 2.05) is 6.07 Å². The van der Waals surface area contributed by atoms with Gasteiger partial charge in [-0.2, -0.15) is 18.4 Å². The number of ether oxygens (including phenoxy) is 1. The number of rotatable bonds is 5. The lowest BCUT2D eigenvalue weighted by atomic mass is 10.1. The van der Waals surface area contributed by atoms with Crippen molar-refractivity contribution in [3.05, 3.63) is 68.2 Å². The first-order valence-electron chi connectivity index (χ1n) is 9.48. The molecule has 2 aromatic carbocycles. The summed E-state index contributed by atoms with van der Waals surface area (Å²) in [6.45, 7) is 1.68. The number of nitrogen functional groups attached to an aromatic ring is 1. The maximum absolute atomic E-state index is 15.0. The van der Waals surface area contributed by atoms with Crippen LogP contribution in [0.3, 0.4) is 0 Å². The maximum atomic E-state index is 15.0. The molecular weight excluding hydrogens is 578 g/mol. The first-order valence-corrected chi connectivity index (χ1v) is 10.7. The van der Waals surface area contributed by atoms with E-state index in [1.54, 1.807) is 25.1 Å². The normalized spacial score (nSPS) is 10.6. The molecule has 9 nitrogen and oxygen atoms in total. The number of hydrogen-bond acceptors (Lipinski definition) is 6. The van der Waals surface area contributed by atoms with Crippen molar-refractivity contribution in [2.24, 2.45) is 0 Å². The van der Waals surface area contributed by atoms with E-state index < -0.39 is 23.9 Å². The number of carboxylic acid groups (broad SMARTS) is 1. The molecule has 0 atom stereocenters. The number of aliphatic carboxylic acids is 1. The third-order valence-corrected chi connectivity index (χ3v) is 5.01. The Hall–Kier alpha value is -3.83. The smallest absolute Gasteiger partial charge is 0.475 e. The highest BCUT2D eigenvalue weighted by Gasteiger charge is 2.38. The van der Waals surface area contributed by atoms with E-state index in [2.05, 4.69) is 31.2 Å². The zero-order valence-electron chi connectivity index (χ0n) is 18.0. The summed E-state index contributed by atoms with van der Waals surface area (Å²) in [5, 5.41) is 18.7. The highest BCUT2D eigenvalue weighted by atomic mass is 79.9. The van der Waals surface area contributed by atoms with E-state index >= 15 is 4.39 Å². The number of H-pyrrole nitrogens is 1. The Morgan fingerprint density at radius 2 is 1.97 bits per heavy atom. The molecule has 3 rings (SSSR count). The molecule has 5 N–H and O–H groups in total. The molecule has 0 saturated carbocycles. The van der Waals surface area contributed by atoms with Gasteiger partial charge in [0.1, 0.15) is 11.4 Å². The lowest BCUT2D eigenvalue weighted by Gasteiger charge is -2.13. The average Bonchev–Trinajstić information content (AvgIpc) is 3.13. The third kappa shape index (κ3) is 7.59. The number of aromatic nitrogens is 2. The minimum atomic E-state index is -5.08. The van der Waals surface area contributed by atoms with Crippen LogP contribution in [0.4, 0.5) is 23.5 Å². The van der Waals surface area contributed by atoms with Crippen LogP contribution in [0.15, 0.2) is 34.8 Å². The van der Waals surface area contributed by atoms with Crippen LogP contribution in [0, 0.1) is 24.1 Å². The summed E-state index contributed by atoms with van der Waals surface area (Å²) in [5.74, 6) is -3.73. The number of carbonyl (C=O) groups excluding carboxylic acids is 1. The van der Waals surface area contributed by atoms with E-state index in [4.69, 9.17) is 37.2 Å². The predicted molar refractivity (Wildman–Crippen MR) is 123 cm³/mol. The van der Waals surface area contributed by atoms with Crippen LogP contribution in [-0.2, 0) is 11.3 Å². The monoisotopic (exact) mass is 591 g/mol. The molecule has 15 heteroatoms. The van der Waals surface area contributed by atoms with Crippen LogP contribution in [0.5, 0.6) is 11.5 Å². The van der Waals surface area contributed by atoms with Gasteiger partial charge in [-0.25, -0.2) is 14.2 Å². The van der Waals surface area contributed by atoms with Gasteiger partial charge in [-0.05, 0) is 52.7 Å². The van der Waals surface area contributed by atoms with Crippen molar-refractivity contribution in [3.8, 4) is 17.6 Å². The molecule has 0 aliphatic heterocycles. The fourth-order valence-electron chi connectivity index (χ4n) is 2.58. The van der Waals surface area contributed by atoms with E-state index in [-0.39, 0.29) is 34.7 Å². The summed E-state index contributed by atoms with van der Waals surface area (Å²) in [4.78, 5) is 27.3. The number of alkyl halides is 3. The Morgan fingerprint density at radius 3 is 2.50 bits per heavy atom. The lowest BCUT2D eigenvalue weighted by Crippen LogP contribution is -2.24. The van der Waals surface area contributed by atoms with Gasteiger partial charge in [0.25, 0.3) is 5.91 Å². The Morgan fingerprint density at radius 1 is 1.33 bits per heavy atom.